The molecule has 0 bridgehead atoms. The Bertz CT molecular complexity index is 562. The van der Waals surface area contributed by atoms with Crippen LogP contribution in [0.15, 0.2) is 18.2 Å². The maximum Gasteiger partial charge on any atom is 0.332 e. The molecule has 0 aliphatic carbocycles. The Kier molecular flexibility index (Phi) is 6.13. The fourth-order valence-corrected chi connectivity index (χ4v) is 1.62. The number of amides is 2. The number of nitrogens with two attached hydrogens (primary N) is 1. The molecule has 8 heteroatoms. The second-order valence-corrected chi connectivity index (χ2v) is 4.40. The molecule has 1 atom stereocenters. The number of rotatable bonds is 5. The largest absolute Gasteiger partial charge is 0.464 e. The van der Waals surface area contributed by atoms with E-state index in [9.17, 15) is 14.4 Å². The lowest BCUT2D eigenvalue weighted by molar-refractivity contribution is -0.146. The summed E-state index contributed by atoms with van der Waals surface area (Å²) in [5.74, 6) is -1.95. The minimum absolute atomic E-state index is 0.118. The fourth-order valence-electron chi connectivity index (χ4n) is 1.46. The van der Waals surface area contributed by atoms with Crippen molar-refractivity contribution in [2.24, 2.45) is 5.73 Å². The lowest BCUT2D eigenvalue weighted by Gasteiger charge is -2.13. The van der Waals surface area contributed by atoms with Crippen LogP contribution in [0.4, 0.5) is 5.69 Å². The maximum atomic E-state index is 11.8. The van der Waals surface area contributed by atoms with Gasteiger partial charge < -0.3 is 21.1 Å². The van der Waals surface area contributed by atoms with E-state index in [4.69, 9.17) is 17.3 Å². The van der Waals surface area contributed by atoms with Gasteiger partial charge in [-0.15, -0.1) is 0 Å². The van der Waals surface area contributed by atoms with Crippen molar-refractivity contribution >= 4 is 35.1 Å². The number of esters is 1. The summed E-state index contributed by atoms with van der Waals surface area (Å²) in [5.41, 5.74) is 5.95. The third kappa shape index (κ3) is 4.44. The van der Waals surface area contributed by atoms with Gasteiger partial charge in [-0.1, -0.05) is 11.6 Å². The Labute approximate surface area is 126 Å². The molecule has 0 spiro atoms. The Hall–Kier alpha value is -2.12. The number of benzene rings is 1. The van der Waals surface area contributed by atoms with Crippen LogP contribution in [0.1, 0.15) is 17.3 Å². The number of halogens is 1. The van der Waals surface area contributed by atoms with E-state index in [0.717, 1.165) is 0 Å². The summed E-state index contributed by atoms with van der Waals surface area (Å²) in [6.45, 7) is 1.72. The smallest absolute Gasteiger partial charge is 0.332 e. The average Bonchev–Trinajstić information content (AvgIpc) is 2.47. The summed E-state index contributed by atoms with van der Waals surface area (Å²) in [4.78, 5) is 34.7. The summed E-state index contributed by atoms with van der Waals surface area (Å²) >= 11 is 5.93. The van der Waals surface area contributed by atoms with Gasteiger partial charge in [-0.2, -0.15) is 0 Å². The number of nitrogens with one attached hydrogen (secondary N) is 2. The van der Waals surface area contributed by atoms with Gasteiger partial charge in [0.2, 0.25) is 0 Å². The van der Waals surface area contributed by atoms with Crippen molar-refractivity contribution in [2.75, 3.05) is 19.0 Å². The fraction of sp³-hybridized carbons (Fsp3) is 0.308. The van der Waals surface area contributed by atoms with Gasteiger partial charge in [0.1, 0.15) is 0 Å². The zero-order valence-corrected chi connectivity index (χ0v) is 12.4. The highest BCUT2D eigenvalue weighted by Gasteiger charge is 2.24. The van der Waals surface area contributed by atoms with E-state index in [1.807, 2.05) is 0 Å². The first-order valence-corrected chi connectivity index (χ1v) is 6.53. The lowest BCUT2D eigenvalue weighted by atomic mass is 10.1. The van der Waals surface area contributed by atoms with Crippen LogP contribution in [0.3, 0.4) is 0 Å². The van der Waals surface area contributed by atoms with Crippen molar-refractivity contribution in [1.29, 1.82) is 0 Å². The number of ether oxygens (including phenoxy) is 1. The number of hydrogen-bond acceptors (Lipinski definition) is 5. The molecule has 0 aliphatic rings. The molecule has 1 aromatic carbocycles. The molecular formula is C13H16ClN3O4. The molecule has 0 heterocycles. The zero-order chi connectivity index (χ0) is 16.0. The normalized spacial score (nSPS) is 11.4. The van der Waals surface area contributed by atoms with Crippen LogP contribution in [0.5, 0.6) is 0 Å². The summed E-state index contributed by atoms with van der Waals surface area (Å²) < 4.78 is 4.65. The van der Waals surface area contributed by atoms with Crippen LogP contribution in [-0.4, -0.2) is 37.5 Å². The Morgan fingerprint density at radius 2 is 2.05 bits per heavy atom. The zero-order valence-electron chi connectivity index (χ0n) is 11.6. The second-order valence-electron chi connectivity index (χ2n) is 3.99. The monoisotopic (exact) mass is 313 g/mol. The molecule has 0 radical (unpaired) electrons. The first-order chi connectivity index (χ1) is 9.90. The highest BCUT2D eigenvalue weighted by molar-refractivity contribution is 6.34. The van der Waals surface area contributed by atoms with Gasteiger partial charge in [-0.25, -0.2) is 4.79 Å². The van der Waals surface area contributed by atoms with Gasteiger partial charge in [0.25, 0.3) is 11.8 Å². The molecular weight excluding hydrogens is 298 g/mol. The standard InChI is InChI=1S/C13H16ClN3O4/c1-3-21-13(20)10(15)12(19)17-9-6-7(11(18)16-2)4-5-8(9)14/h4-6,10H,3,15H2,1-2H3,(H,16,18)(H,17,19). The maximum absolute atomic E-state index is 11.8. The molecule has 2 amide bonds. The van der Waals surface area contributed by atoms with Gasteiger partial charge in [0.15, 0.2) is 6.04 Å². The van der Waals surface area contributed by atoms with Gasteiger partial charge in [-0.3, -0.25) is 9.59 Å². The van der Waals surface area contributed by atoms with Crippen molar-refractivity contribution in [2.45, 2.75) is 13.0 Å². The van der Waals surface area contributed by atoms with Crippen LogP contribution in [0.25, 0.3) is 0 Å². The molecule has 0 aliphatic heterocycles. The minimum Gasteiger partial charge on any atom is -0.464 e. The van der Waals surface area contributed by atoms with Gasteiger partial charge >= 0.3 is 5.97 Å². The predicted octanol–water partition coefficient (Wildman–Crippen LogP) is 0.529. The van der Waals surface area contributed by atoms with Crippen molar-refractivity contribution in [3.63, 3.8) is 0 Å². The van der Waals surface area contributed by atoms with Gasteiger partial charge in [-0.05, 0) is 25.1 Å². The van der Waals surface area contributed by atoms with E-state index in [2.05, 4.69) is 15.4 Å². The van der Waals surface area contributed by atoms with Crippen LogP contribution >= 0.6 is 11.6 Å². The Morgan fingerprint density at radius 3 is 2.62 bits per heavy atom. The van der Waals surface area contributed by atoms with Crippen LogP contribution in [-0.2, 0) is 14.3 Å². The highest BCUT2D eigenvalue weighted by atomic mass is 35.5. The molecule has 4 N–H and O–H groups in total. The van der Waals surface area contributed by atoms with E-state index in [1.165, 1.54) is 25.2 Å². The number of anilines is 1. The van der Waals surface area contributed by atoms with Crippen molar-refractivity contribution in [1.82, 2.24) is 5.32 Å². The van der Waals surface area contributed by atoms with Crippen molar-refractivity contribution in [3.05, 3.63) is 28.8 Å². The van der Waals surface area contributed by atoms with E-state index in [-0.39, 0.29) is 23.2 Å². The molecule has 1 aromatic rings. The quantitative estimate of drug-likeness (QED) is 0.542. The molecule has 0 aromatic heterocycles. The molecule has 114 valence electrons. The molecule has 0 saturated heterocycles. The van der Waals surface area contributed by atoms with Gasteiger partial charge in [0.05, 0.1) is 17.3 Å². The SMILES string of the molecule is CCOC(=O)C(N)C(=O)Nc1cc(C(=O)NC)ccc1Cl. The topological polar surface area (TPSA) is 111 Å². The van der Waals surface area contributed by atoms with E-state index in [1.54, 1.807) is 6.92 Å². The minimum atomic E-state index is -1.47. The molecule has 0 saturated carbocycles. The molecule has 21 heavy (non-hydrogen) atoms. The van der Waals surface area contributed by atoms with Crippen LogP contribution < -0.4 is 16.4 Å². The number of carbonyl (C=O) groups is 3. The summed E-state index contributed by atoms with van der Waals surface area (Å²) in [5, 5.41) is 5.05. The summed E-state index contributed by atoms with van der Waals surface area (Å²) in [6, 6.07) is 2.88. The number of hydrogen-bond donors (Lipinski definition) is 3. The first kappa shape index (κ1) is 16.9. The second kappa shape index (κ2) is 7.61. The van der Waals surface area contributed by atoms with Gasteiger partial charge in [0, 0.05) is 12.6 Å². The summed E-state index contributed by atoms with van der Waals surface area (Å²) in [6.07, 6.45) is 0. The predicted molar refractivity (Wildman–Crippen MR) is 78.1 cm³/mol. The van der Waals surface area contributed by atoms with E-state index in [0.29, 0.717) is 5.56 Å². The van der Waals surface area contributed by atoms with Crippen molar-refractivity contribution < 1.29 is 19.1 Å². The van der Waals surface area contributed by atoms with Crippen molar-refractivity contribution in [3.8, 4) is 0 Å². The molecule has 0 fully saturated rings. The summed E-state index contributed by atoms with van der Waals surface area (Å²) in [7, 11) is 1.48. The number of carbonyl (C=O) groups excluding carboxylic acids is 3. The van der Waals surface area contributed by atoms with Crippen LogP contribution in [0, 0.1) is 0 Å². The van der Waals surface area contributed by atoms with Crippen LogP contribution in [0.2, 0.25) is 5.02 Å². The lowest BCUT2D eigenvalue weighted by Crippen LogP contribution is -2.43. The molecule has 7 nitrogen and oxygen atoms in total. The van der Waals surface area contributed by atoms with E-state index >= 15 is 0 Å². The highest BCUT2D eigenvalue weighted by Crippen LogP contribution is 2.23. The van der Waals surface area contributed by atoms with E-state index < -0.39 is 17.9 Å². The molecule has 1 rings (SSSR count). The Morgan fingerprint density at radius 1 is 1.38 bits per heavy atom. The third-order valence-electron chi connectivity index (χ3n) is 2.54. The molecule has 1 unspecified atom stereocenters. The first-order valence-electron chi connectivity index (χ1n) is 6.15. The average molecular weight is 314 g/mol. The Balaban J connectivity index is 2.89. The third-order valence-corrected chi connectivity index (χ3v) is 2.87.